The molecule has 0 aromatic carbocycles. The van der Waals surface area contributed by atoms with Gasteiger partial charge in [-0.2, -0.15) is 0 Å². The number of nitrogens with two attached hydrogens (primary N) is 1. The van der Waals surface area contributed by atoms with Crippen LogP contribution >= 0.6 is 0 Å². The third-order valence-electron chi connectivity index (χ3n) is 2.97. The van der Waals surface area contributed by atoms with Crippen LogP contribution in [0, 0.1) is 10.1 Å². The Kier molecular flexibility index (Phi) is 4.20. The highest BCUT2D eigenvalue weighted by Gasteiger charge is 2.49. The molecule has 4 atom stereocenters. The second-order valence-corrected chi connectivity index (χ2v) is 4.36. The summed E-state index contributed by atoms with van der Waals surface area (Å²) in [4.78, 5) is 36.7. The van der Waals surface area contributed by atoms with Crippen molar-refractivity contribution in [3.05, 3.63) is 10.1 Å². The van der Waals surface area contributed by atoms with Gasteiger partial charge in [0.2, 0.25) is 5.91 Å². The number of rotatable bonds is 5. The molecule has 2 fully saturated rings. The summed E-state index contributed by atoms with van der Waals surface area (Å²) in [6, 6.07) is -1.08. The zero-order chi connectivity index (χ0) is 14.7. The van der Waals surface area contributed by atoms with Gasteiger partial charge in [0.1, 0.15) is 12.2 Å². The first-order valence-electron chi connectivity index (χ1n) is 5.84. The SMILES string of the molecule is NC(=O)CNC(=O)N[C@H]1CO[C@H]2[C@@H]1OC[C@H]2O[N+](=O)[O-]. The molecule has 2 aliphatic heterocycles. The molecule has 2 rings (SSSR count). The summed E-state index contributed by atoms with van der Waals surface area (Å²) in [5.41, 5.74) is 4.89. The average Bonchev–Trinajstić information content (AvgIpc) is 2.91. The van der Waals surface area contributed by atoms with Gasteiger partial charge in [-0.25, -0.2) is 4.79 Å². The maximum atomic E-state index is 11.5. The number of urea groups is 1. The third kappa shape index (κ3) is 3.24. The highest BCUT2D eigenvalue weighted by Crippen LogP contribution is 2.28. The Morgan fingerprint density at radius 2 is 2.05 bits per heavy atom. The summed E-state index contributed by atoms with van der Waals surface area (Å²) < 4.78 is 10.7. The van der Waals surface area contributed by atoms with Crippen molar-refractivity contribution in [2.75, 3.05) is 19.8 Å². The summed E-state index contributed by atoms with van der Waals surface area (Å²) in [7, 11) is 0. The molecule has 0 unspecified atom stereocenters. The maximum absolute atomic E-state index is 11.5. The summed E-state index contributed by atoms with van der Waals surface area (Å²) in [6.45, 7) is -0.143. The van der Waals surface area contributed by atoms with Gasteiger partial charge >= 0.3 is 6.03 Å². The second kappa shape index (κ2) is 5.88. The topological polar surface area (TPSA) is 155 Å². The van der Waals surface area contributed by atoms with E-state index >= 15 is 0 Å². The standard InChI is InChI=1S/C9H14N4O7/c10-6(14)1-11-9(15)12-4-2-18-8-5(20-13(16)17)3-19-7(4)8/h4-5,7-8H,1-3H2,(H2,10,14)(H2,11,12,15)/t4-,5+,7+,8+/m0/s1. The van der Waals surface area contributed by atoms with Crippen molar-refractivity contribution >= 4 is 11.9 Å². The Morgan fingerprint density at radius 1 is 1.35 bits per heavy atom. The predicted molar refractivity (Wildman–Crippen MR) is 60.9 cm³/mol. The minimum atomic E-state index is -0.903. The fraction of sp³-hybridized carbons (Fsp3) is 0.778. The van der Waals surface area contributed by atoms with Crippen molar-refractivity contribution in [3.63, 3.8) is 0 Å². The Balaban J connectivity index is 1.83. The fourth-order valence-corrected chi connectivity index (χ4v) is 2.18. The molecule has 11 heteroatoms. The molecule has 0 radical (unpaired) electrons. The highest BCUT2D eigenvalue weighted by atomic mass is 17.0. The van der Waals surface area contributed by atoms with Crippen molar-refractivity contribution < 1.29 is 29.0 Å². The van der Waals surface area contributed by atoms with Crippen LogP contribution < -0.4 is 16.4 Å². The molecule has 112 valence electrons. The van der Waals surface area contributed by atoms with Crippen LogP contribution in [0.15, 0.2) is 0 Å². The normalized spacial score (nSPS) is 31.4. The average molecular weight is 290 g/mol. The van der Waals surface area contributed by atoms with Crippen LogP contribution in [0.4, 0.5) is 4.79 Å². The predicted octanol–water partition coefficient (Wildman–Crippen LogP) is -2.49. The fourth-order valence-electron chi connectivity index (χ4n) is 2.18. The molecule has 2 aliphatic rings. The lowest BCUT2D eigenvalue weighted by molar-refractivity contribution is -0.769. The van der Waals surface area contributed by atoms with Crippen molar-refractivity contribution in [2.24, 2.45) is 5.73 Å². The molecule has 0 saturated carbocycles. The molecule has 11 nitrogen and oxygen atoms in total. The van der Waals surface area contributed by atoms with Gasteiger partial charge in [0.05, 0.1) is 25.8 Å². The molecule has 0 spiro atoms. The van der Waals surface area contributed by atoms with E-state index in [0.717, 1.165) is 0 Å². The van der Waals surface area contributed by atoms with E-state index in [2.05, 4.69) is 15.5 Å². The quantitative estimate of drug-likeness (QED) is 0.373. The number of carbonyl (C=O) groups excluding carboxylic acids is 2. The number of hydrogen-bond acceptors (Lipinski definition) is 7. The largest absolute Gasteiger partial charge is 0.371 e. The first-order chi connectivity index (χ1) is 9.47. The number of nitrogens with one attached hydrogen (secondary N) is 2. The molecule has 0 aromatic heterocycles. The van der Waals surface area contributed by atoms with E-state index in [1.807, 2.05) is 0 Å². The molecule has 0 bridgehead atoms. The van der Waals surface area contributed by atoms with Crippen molar-refractivity contribution in [1.82, 2.24) is 10.6 Å². The number of amides is 3. The van der Waals surface area contributed by atoms with Crippen molar-refractivity contribution in [3.8, 4) is 0 Å². The van der Waals surface area contributed by atoms with E-state index in [0.29, 0.717) is 0 Å². The van der Waals surface area contributed by atoms with Gasteiger partial charge in [-0.15, -0.1) is 10.1 Å². The number of carbonyl (C=O) groups is 2. The molecule has 3 amide bonds. The number of hydrogen-bond donors (Lipinski definition) is 3. The number of fused-ring (bicyclic) bond motifs is 1. The highest BCUT2D eigenvalue weighted by molar-refractivity contribution is 5.82. The van der Waals surface area contributed by atoms with Crippen LogP contribution in [0.3, 0.4) is 0 Å². The molecule has 2 saturated heterocycles. The Labute approximate surface area is 112 Å². The molecule has 2 heterocycles. The second-order valence-electron chi connectivity index (χ2n) is 4.36. The van der Waals surface area contributed by atoms with Gasteiger partial charge in [0, 0.05) is 0 Å². The molecule has 20 heavy (non-hydrogen) atoms. The van der Waals surface area contributed by atoms with Gasteiger partial charge in [0.15, 0.2) is 6.10 Å². The zero-order valence-electron chi connectivity index (χ0n) is 10.3. The number of nitrogens with zero attached hydrogens (tertiary/aromatic N) is 1. The molecular formula is C9H14N4O7. The van der Waals surface area contributed by atoms with Crippen LogP contribution in [-0.4, -0.2) is 61.1 Å². The van der Waals surface area contributed by atoms with Gasteiger partial charge < -0.3 is 30.7 Å². The lowest BCUT2D eigenvalue weighted by Crippen LogP contribution is -2.49. The van der Waals surface area contributed by atoms with Crippen LogP contribution in [-0.2, 0) is 19.1 Å². The van der Waals surface area contributed by atoms with Crippen molar-refractivity contribution in [2.45, 2.75) is 24.4 Å². The van der Waals surface area contributed by atoms with Gasteiger partial charge in [-0.3, -0.25) is 4.79 Å². The van der Waals surface area contributed by atoms with Gasteiger partial charge in [-0.05, 0) is 0 Å². The number of primary amides is 1. The van der Waals surface area contributed by atoms with Crippen molar-refractivity contribution in [1.29, 1.82) is 0 Å². The zero-order valence-corrected chi connectivity index (χ0v) is 10.3. The van der Waals surface area contributed by atoms with Gasteiger partial charge in [-0.1, -0.05) is 0 Å². The van der Waals surface area contributed by atoms with E-state index < -0.39 is 41.4 Å². The van der Waals surface area contributed by atoms with Crippen LogP contribution in [0.2, 0.25) is 0 Å². The molecule has 0 aromatic rings. The minimum absolute atomic E-state index is 0.0113. The molecule has 4 N–H and O–H groups in total. The Hall–Kier alpha value is -2.14. The minimum Gasteiger partial charge on any atom is -0.371 e. The van der Waals surface area contributed by atoms with E-state index in [1.54, 1.807) is 0 Å². The summed E-state index contributed by atoms with van der Waals surface area (Å²) in [5, 5.41) is 14.2. The lowest BCUT2D eigenvalue weighted by Gasteiger charge is -2.17. The van der Waals surface area contributed by atoms with E-state index in [-0.39, 0.29) is 19.8 Å². The Morgan fingerprint density at radius 3 is 2.70 bits per heavy atom. The Bertz CT molecular complexity index is 417. The summed E-state index contributed by atoms with van der Waals surface area (Å²) in [6.07, 6.45) is -1.95. The molecular weight excluding hydrogens is 276 g/mol. The first kappa shape index (κ1) is 14.3. The summed E-state index contributed by atoms with van der Waals surface area (Å²) >= 11 is 0. The van der Waals surface area contributed by atoms with E-state index in [1.165, 1.54) is 0 Å². The van der Waals surface area contributed by atoms with E-state index in [9.17, 15) is 19.7 Å². The van der Waals surface area contributed by atoms with Crippen LogP contribution in [0.1, 0.15) is 0 Å². The van der Waals surface area contributed by atoms with Crippen LogP contribution in [0.25, 0.3) is 0 Å². The van der Waals surface area contributed by atoms with E-state index in [4.69, 9.17) is 15.2 Å². The first-order valence-corrected chi connectivity index (χ1v) is 5.84. The number of ether oxygens (including phenoxy) is 2. The smallest absolute Gasteiger partial charge is 0.315 e. The monoisotopic (exact) mass is 290 g/mol. The maximum Gasteiger partial charge on any atom is 0.315 e. The summed E-state index contributed by atoms with van der Waals surface area (Å²) in [5.74, 6) is -0.669. The van der Waals surface area contributed by atoms with Gasteiger partial charge in [0.25, 0.3) is 5.09 Å². The lowest BCUT2D eigenvalue weighted by atomic mass is 10.1. The molecule has 0 aliphatic carbocycles. The third-order valence-corrected chi connectivity index (χ3v) is 2.97. The van der Waals surface area contributed by atoms with Crippen LogP contribution in [0.5, 0.6) is 0 Å².